The molecule has 1 unspecified atom stereocenters. The van der Waals surface area contributed by atoms with E-state index in [9.17, 15) is 4.39 Å². The average Bonchev–Trinajstić information content (AvgIpc) is 2.65. The van der Waals surface area contributed by atoms with Gasteiger partial charge in [-0.1, -0.05) is 27.5 Å². The summed E-state index contributed by atoms with van der Waals surface area (Å²) in [5.74, 6) is -0.252. The Hall–Kier alpha value is -0.910. The first-order chi connectivity index (χ1) is 9.43. The third kappa shape index (κ3) is 3.05. The van der Waals surface area contributed by atoms with E-state index in [1.54, 1.807) is 10.7 Å². The molecule has 0 saturated heterocycles. The lowest BCUT2D eigenvalue weighted by Gasteiger charge is -2.18. The van der Waals surface area contributed by atoms with Crippen molar-refractivity contribution in [3.8, 4) is 0 Å². The summed E-state index contributed by atoms with van der Waals surface area (Å²) in [6.45, 7) is 1.93. The summed E-state index contributed by atoms with van der Waals surface area (Å²) in [5, 5.41) is 8.13. The predicted molar refractivity (Wildman–Crippen MR) is 82.6 cm³/mol. The Balaban J connectivity index is 2.36. The van der Waals surface area contributed by atoms with Crippen molar-refractivity contribution >= 4 is 27.5 Å². The fourth-order valence-corrected chi connectivity index (χ4v) is 3.03. The van der Waals surface area contributed by atoms with E-state index in [-0.39, 0.29) is 11.9 Å². The molecular weight excluding hydrogens is 345 g/mol. The molecule has 20 heavy (non-hydrogen) atoms. The maximum absolute atomic E-state index is 13.5. The molecule has 3 nitrogen and oxygen atoms in total. The van der Waals surface area contributed by atoms with Gasteiger partial charge in [-0.2, -0.15) is 5.10 Å². The van der Waals surface area contributed by atoms with Gasteiger partial charge >= 0.3 is 0 Å². The summed E-state index contributed by atoms with van der Waals surface area (Å²) in [7, 11) is 3.66. The molecule has 2 aromatic rings. The summed E-state index contributed by atoms with van der Waals surface area (Å²) >= 11 is 9.73. The van der Waals surface area contributed by atoms with E-state index in [1.165, 1.54) is 12.1 Å². The Morgan fingerprint density at radius 3 is 2.75 bits per heavy atom. The fourth-order valence-electron chi connectivity index (χ4n) is 2.26. The number of halogens is 3. The number of aromatic nitrogens is 2. The molecule has 0 aliphatic rings. The van der Waals surface area contributed by atoms with E-state index in [2.05, 4.69) is 26.3 Å². The molecule has 0 aliphatic heterocycles. The van der Waals surface area contributed by atoms with Crippen LogP contribution < -0.4 is 5.32 Å². The number of nitrogens with one attached hydrogen (secondary N) is 1. The number of rotatable bonds is 4. The number of nitrogens with zero attached hydrogens (tertiary/aromatic N) is 2. The highest BCUT2D eigenvalue weighted by Crippen LogP contribution is 2.30. The van der Waals surface area contributed by atoms with Crippen molar-refractivity contribution in [1.82, 2.24) is 15.1 Å². The third-order valence-corrected chi connectivity index (χ3v) is 4.55. The number of likely N-dealkylation sites (N-methyl/N-ethyl adjacent to an activating group) is 1. The highest BCUT2D eigenvalue weighted by molar-refractivity contribution is 9.10. The van der Waals surface area contributed by atoms with E-state index < -0.39 is 0 Å². The molecule has 2 rings (SSSR count). The topological polar surface area (TPSA) is 29.9 Å². The minimum absolute atomic E-state index is 0.0412. The molecule has 6 heteroatoms. The standard InChI is InChI=1S/C14H16BrClFN3/c1-8-10(14(16)20(3)19-8)7-13(18-2)11-6-9(17)4-5-12(11)15/h4-6,13,18H,7H2,1-3H3. The van der Waals surface area contributed by atoms with Gasteiger partial charge in [0.2, 0.25) is 0 Å². The minimum Gasteiger partial charge on any atom is -0.313 e. The number of aryl methyl sites for hydroxylation is 2. The van der Waals surface area contributed by atoms with Gasteiger partial charge in [-0.05, 0) is 44.2 Å². The Bertz CT molecular complexity index is 627. The van der Waals surface area contributed by atoms with Gasteiger partial charge in [-0.3, -0.25) is 4.68 Å². The van der Waals surface area contributed by atoms with Crippen LogP contribution >= 0.6 is 27.5 Å². The quantitative estimate of drug-likeness (QED) is 0.899. The molecule has 1 atom stereocenters. The normalized spacial score (nSPS) is 12.7. The van der Waals surface area contributed by atoms with Crippen LogP contribution in [0.15, 0.2) is 22.7 Å². The molecule has 0 radical (unpaired) electrons. The molecule has 1 aromatic heterocycles. The Labute approximate surface area is 131 Å². The first-order valence-electron chi connectivity index (χ1n) is 6.24. The highest BCUT2D eigenvalue weighted by atomic mass is 79.9. The van der Waals surface area contributed by atoms with Gasteiger partial charge in [0, 0.05) is 23.1 Å². The second-order valence-corrected chi connectivity index (χ2v) is 5.90. The minimum atomic E-state index is -0.252. The molecule has 0 saturated carbocycles. The molecule has 0 amide bonds. The maximum atomic E-state index is 13.5. The van der Waals surface area contributed by atoms with E-state index in [0.717, 1.165) is 21.3 Å². The van der Waals surface area contributed by atoms with Crippen LogP contribution in [0.4, 0.5) is 4.39 Å². The summed E-state index contributed by atoms with van der Waals surface area (Å²) in [6.07, 6.45) is 0.650. The molecule has 1 N–H and O–H groups in total. The van der Waals surface area contributed by atoms with E-state index in [4.69, 9.17) is 11.6 Å². The zero-order chi connectivity index (χ0) is 14.9. The summed E-state index contributed by atoms with van der Waals surface area (Å²) < 4.78 is 16.0. The first-order valence-corrected chi connectivity index (χ1v) is 7.41. The average molecular weight is 361 g/mol. The molecule has 0 bridgehead atoms. The Morgan fingerprint density at radius 1 is 1.50 bits per heavy atom. The predicted octanol–water partition coefficient (Wildman–Crippen LogP) is 3.79. The fraction of sp³-hybridized carbons (Fsp3) is 0.357. The molecule has 0 spiro atoms. The van der Waals surface area contributed by atoms with Gasteiger partial charge in [0.05, 0.1) is 5.69 Å². The second-order valence-electron chi connectivity index (χ2n) is 4.69. The van der Waals surface area contributed by atoms with Crippen LogP contribution in [0.5, 0.6) is 0 Å². The molecule has 108 valence electrons. The van der Waals surface area contributed by atoms with Crippen molar-refractivity contribution in [1.29, 1.82) is 0 Å². The van der Waals surface area contributed by atoms with Crippen LogP contribution in [-0.2, 0) is 13.5 Å². The van der Waals surface area contributed by atoms with Gasteiger partial charge < -0.3 is 5.32 Å². The summed E-state index contributed by atoms with van der Waals surface area (Å²) in [4.78, 5) is 0. The van der Waals surface area contributed by atoms with Crippen molar-refractivity contribution in [3.05, 3.63) is 50.5 Å². The molecule has 1 aromatic carbocycles. The van der Waals surface area contributed by atoms with Gasteiger partial charge in [-0.25, -0.2) is 4.39 Å². The zero-order valence-corrected chi connectivity index (χ0v) is 13.9. The lowest BCUT2D eigenvalue weighted by molar-refractivity contribution is 0.574. The Kier molecular flexibility index (Phi) is 4.83. The molecule has 0 fully saturated rings. The lowest BCUT2D eigenvalue weighted by Crippen LogP contribution is -2.20. The maximum Gasteiger partial charge on any atom is 0.130 e. The highest BCUT2D eigenvalue weighted by Gasteiger charge is 2.19. The largest absolute Gasteiger partial charge is 0.313 e. The van der Waals surface area contributed by atoms with E-state index in [1.807, 2.05) is 21.0 Å². The van der Waals surface area contributed by atoms with E-state index >= 15 is 0 Å². The van der Waals surface area contributed by atoms with Crippen LogP contribution in [-0.4, -0.2) is 16.8 Å². The zero-order valence-electron chi connectivity index (χ0n) is 11.5. The van der Waals surface area contributed by atoms with Crippen molar-refractivity contribution in [2.45, 2.75) is 19.4 Å². The summed E-state index contributed by atoms with van der Waals surface area (Å²) in [5.41, 5.74) is 2.74. The first kappa shape index (κ1) is 15.5. The third-order valence-electron chi connectivity index (χ3n) is 3.36. The van der Waals surface area contributed by atoms with Crippen LogP contribution in [0.1, 0.15) is 22.9 Å². The Morgan fingerprint density at radius 2 is 2.20 bits per heavy atom. The smallest absolute Gasteiger partial charge is 0.130 e. The van der Waals surface area contributed by atoms with Crippen LogP contribution in [0.2, 0.25) is 5.15 Å². The number of hydrogen-bond acceptors (Lipinski definition) is 2. The summed E-state index contributed by atoms with van der Waals surface area (Å²) in [6, 6.07) is 4.64. The number of benzene rings is 1. The lowest BCUT2D eigenvalue weighted by atomic mass is 9.99. The van der Waals surface area contributed by atoms with Crippen molar-refractivity contribution < 1.29 is 4.39 Å². The second kappa shape index (κ2) is 6.24. The van der Waals surface area contributed by atoms with Crippen LogP contribution in [0.3, 0.4) is 0 Å². The van der Waals surface area contributed by atoms with Gasteiger partial charge in [0.15, 0.2) is 0 Å². The molecular formula is C14H16BrClFN3. The van der Waals surface area contributed by atoms with Gasteiger partial charge in [0.25, 0.3) is 0 Å². The van der Waals surface area contributed by atoms with Crippen molar-refractivity contribution in [2.24, 2.45) is 7.05 Å². The van der Waals surface area contributed by atoms with Crippen molar-refractivity contribution in [2.75, 3.05) is 7.05 Å². The van der Waals surface area contributed by atoms with Crippen LogP contribution in [0.25, 0.3) is 0 Å². The SMILES string of the molecule is CNC(Cc1c(C)nn(C)c1Cl)c1cc(F)ccc1Br. The number of hydrogen-bond donors (Lipinski definition) is 1. The molecule has 0 aliphatic carbocycles. The molecule has 1 heterocycles. The van der Waals surface area contributed by atoms with Gasteiger partial charge in [-0.15, -0.1) is 0 Å². The van der Waals surface area contributed by atoms with Crippen LogP contribution in [0, 0.1) is 12.7 Å². The van der Waals surface area contributed by atoms with E-state index in [0.29, 0.717) is 11.6 Å². The monoisotopic (exact) mass is 359 g/mol. The van der Waals surface area contributed by atoms with Gasteiger partial charge in [0.1, 0.15) is 11.0 Å². The van der Waals surface area contributed by atoms with Crippen molar-refractivity contribution in [3.63, 3.8) is 0 Å².